The van der Waals surface area contributed by atoms with Crippen LogP contribution in [0.1, 0.15) is 0 Å². The molecule has 0 saturated heterocycles. The molecule has 0 radical (unpaired) electrons. The highest BCUT2D eigenvalue weighted by atomic mass is 32.1. The van der Waals surface area contributed by atoms with Gasteiger partial charge in [-0.25, -0.2) is 0 Å². The van der Waals surface area contributed by atoms with Gasteiger partial charge in [0.05, 0.1) is 11.0 Å². The van der Waals surface area contributed by atoms with Gasteiger partial charge in [-0.05, 0) is 76.9 Å². The molecule has 0 saturated carbocycles. The zero-order valence-electron chi connectivity index (χ0n) is 24.2. The first-order valence-electron chi connectivity index (χ1n) is 15.3. The molecule has 0 amide bonds. The molecule has 3 aromatic heterocycles. The number of nitrogens with zero attached hydrogens (tertiary/aromatic N) is 1. The van der Waals surface area contributed by atoms with E-state index in [-0.39, 0.29) is 0 Å². The first kappa shape index (κ1) is 25.1. The highest BCUT2D eigenvalue weighted by Crippen LogP contribution is 2.41. The lowest BCUT2D eigenvalue weighted by Gasteiger charge is -2.10. The maximum Gasteiger partial charge on any atom is 0.0548 e. The minimum Gasteiger partial charge on any atom is -0.309 e. The Bertz CT molecular complexity index is 2740. The molecule has 10 aromatic rings. The normalized spacial score (nSPS) is 12.0. The monoisotopic (exact) mass is 607 g/mol. The number of para-hydroxylation sites is 1. The molecular weight excluding hydrogens is 583 g/mol. The Morgan fingerprint density at radius 1 is 0.311 bits per heavy atom. The van der Waals surface area contributed by atoms with Crippen LogP contribution in [0.15, 0.2) is 152 Å². The van der Waals surface area contributed by atoms with Gasteiger partial charge in [-0.3, -0.25) is 0 Å². The highest BCUT2D eigenvalue weighted by molar-refractivity contribution is 7.26. The smallest absolute Gasteiger partial charge is 0.0548 e. The van der Waals surface area contributed by atoms with Crippen LogP contribution in [0.3, 0.4) is 0 Å². The summed E-state index contributed by atoms with van der Waals surface area (Å²) in [4.78, 5) is 0. The molecule has 0 aliphatic carbocycles. The number of thiophene rings is 2. The van der Waals surface area contributed by atoms with Gasteiger partial charge in [0.1, 0.15) is 0 Å². The first-order valence-corrected chi connectivity index (χ1v) is 16.9. The van der Waals surface area contributed by atoms with Crippen LogP contribution in [0.5, 0.6) is 0 Å². The van der Waals surface area contributed by atoms with E-state index in [1.807, 2.05) is 22.7 Å². The van der Waals surface area contributed by atoms with Crippen molar-refractivity contribution in [3.05, 3.63) is 152 Å². The van der Waals surface area contributed by atoms with Crippen molar-refractivity contribution in [1.29, 1.82) is 0 Å². The predicted octanol–water partition coefficient (Wildman–Crippen LogP) is 12.9. The maximum absolute atomic E-state index is 2.42. The minimum atomic E-state index is 1.18. The number of hydrogen-bond donors (Lipinski definition) is 0. The largest absolute Gasteiger partial charge is 0.309 e. The molecule has 210 valence electrons. The third kappa shape index (κ3) is 3.85. The Morgan fingerprint density at radius 2 is 0.822 bits per heavy atom. The molecule has 10 rings (SSSR count). The summed E-state index contributed by atoms with van der Waals surface area (Å²) in [6.45, 7) is 0. The molecule has 1 nitrogen and oxygen atoms in total. The standard InChI is InChI=1S/C42H25NS2/c1-4-10-37-31(7-1)34-25-42-36(33-9-3-6-12-40(33)45-42)24-38(34)43(37)30-20-17-27(18-21-30)26-13-15-28(16-14-26)29-19-22-41-35(23-29)32-8-2-5-11-39(32)44-41/h1-25H. The average molecular weight is 608 g/mol. The van der Waals surface area contributed by atoms with E-state index < -0.39 is 0 Å². The van der Waals surface area contributed by atoms with Gasteiger partial charge < -0.3 is 4.57 Å². The van der Waals surface area contributed by atoms with E-state index in [0.717, 1.165) is 0 Å². The molecule has 45 heavy (non-hydrogen) atoms. The van der Waals surface area contributed by atoms with Gasteiger partial charge in [0.25, 0.3) is 0 Å². The van der Waals surface area contributed by atoms with Crippen molar-refractivity contribution in [1.82, 2.24) is 4.57 Å². The zero-order chi connectivity index (χ0) is 29.5. The van der Waals surface area contributed by atoms with Gasteiger partial charge in [0.15, 0.2) is 0 Å². The molecule has 0 spiro atoms. The van der Waals surface area contributed by atoms with Crippen molar-refractivity contribution in [3.63, 3.8) is 0 Å². The molecule has 0 aliphatic heterocycles. The Balaban J connectivity index is 1.04. The van der Waals surface area contributed by atoms with Crippen molar-refractivity contribution in [3.8, 4) is 27.9 Å². The number of rotatable bonds is 3. The van der Waals surface area contributed by atoms with Crippen molar-refractivity contribution in [2.24, 2.45) is 0 Å². The SMILES string of the molecule is c1ccc2c(c1)sc1ccc(-c3ccc(-c4ccc(-n5c6ccccc6c6cc7sc8ccccc8c7cc65)cc4)cc3)cc12. The van der Waals surface area contributed by atoms with Crippen LogP contribution in [0.25, 0.3) is 90.1 Å². The number of aromatic nitrogens is 1. The second-order valence-corrected chi connectivity index (χ2v) is 13.9. The van der Waals surface area contributed by atoms with Crippen LogP contribution >= 0.6 is 22.7 Å². The Morgan fingerprint density at radius 3 is 1.53 bits per heavy atom. The molecule has 0 aliphatic rings. The maximum atomic E-state index is 2.42. The van der Waals surface area contributed by atoms with Crippen LogP contribution in [0.2, 0.25) is 0 Å². The molecule has 0 fully saturated rings. The zero-order valence-corrected chi connectivity index (χ0v) is 25.8. The molecule has 0 N–H and O–H groups in total. The van der Waals surface area contributed by atoms with Crippen molar-refractivity contribution >= 4 is 84.8 Å². The molecule has 0 unspecified atom stereocenters. The predicted molar refractivity (Wildman–Crippen MR) is 197 cm³/mol. The van der Waals surface area contributed by atoms with Gasteiger partial charge in [-0.15, -0.1) is 22.7 Å². The summed E-state index contributed by atoms with van der Waals surface area (Å²) in [6.07, 6.45) is 0. The summed E-state index contributed by atoms with van der Waals surface area (Å²) in [5, 5.41) is 7.94. The minimum absolute atomic E-state index is 1.18. The Hall–Kier alpha value is -5.22. The van der Waals surface area contributed by atoms with Gasteiger partial charge in [-0.2, -0.15) is 0 Å². The summed E-state index contributed by atoms with van der Waals surface area (Å²) < 4.78 is 7.79. The summed E-state index contributed by atoms with van der Waals surface area (Å²) in [5.41, 5.74) is 8.60. The van der Waals surface area contributed by atoms with Crippen LogP contribution in [0.4, 0.5) is 0 Å². The highest BCUT2D eigenvalue weighted by Gasteiger charge is 2.15. The van der Waals surface area contributed by atoms with Gasteiger partial charge in [0.2, 0.25) is 0 Å². The van der Waals surface area contributed by atoms with Crippen molar-refractivity contribution in [2.45, 2.75) is 0 Å². The quantitative estimate of drug-likeness (QED) is 0.188. The molecule has 3 heterocycles. The summed E-state index contributed by atoms with van der Waals surface area (Å²) in [7, 11) is 0. The summed E-state index contributed by atoms with van der Waals surface area (Å²) in [5.74, 6) is 0. The van der Waals surface area contributed by atoms with Crippen LogP contribution in [0, 0.1) is 0 Å². The molecule has 0 bridgehead atoms. The third-order valence-electron chi connectivity index (χ3n) is 9.22. The summed E-state index contributed by atoms with van der Waals surface area (Å²) in [6, 6.07) is 55.9. The molecular formula is C42H25NS2. The number of benzene rings is 7. The van der Waals surface area contributed by atoms with Crippen LogP contribution < -0.4 is 0 Å². The fourth-order valence-corrected chi connectivity index (χ4v) is 9.24. The third-order valence-corrected chi connectivity index (χ3v) is 11.5. The molecule has 3 heteroatoms. The Labute approximate surface area is 267 Å². The molecule has 0 atom stereocenters. The fourth-order valence-electron chi connectivity index (χ4n) is 7.03. The first-order chi connectivity index (χ1) is 22.3. The summed E-state index contributed by atoms with van der Waals surface area (Å²) >= 11 is 3.75. The lowest BCUT2D eigenvalue weighted by molar-refractivity contribution is 1.18. The Kier molecular flexibility index (Phi) is 5.39. The lowest BCUT2D eigenvalue weighted by atomic mass is 9.99. The van der Waals surface area contributed by atoms with E-state index in [9.17, 15) is 0 Å². The average Bonchev–Trinajstić information content (AvgIpc) is 3.76. The second kappa shape index (κ2) is 9.64. The lowest BCUT2D eigenvalue weighted by Crippen LogP contribution is -1.93. The van der Waals surface area contributed by atoms with E-state index >= 15 is 0 Å². The van der Waals surface area contributed by atoms with Crippen molar-refractivity contribution < 1.29 is 0 Å². The van der Waals surface area contributed by atoms with Crippen LogP contribution in [-0.2, 0) is 0 Å². The van der Waals surface area contributed by atoms with E-state index in [4.69, 9.17) is 0 Å². The number of fused-ring (bicyclic) bond motifs is 9. The topological polar surface area (TPSA) is 4.93 Å². The second-order valence-electron chi connectivity index (χ2n) is 11.7. The fraction of sp³-hybridized carbons (Fsp3) is 0. The number of hydrogen-bond acceptors (Lipinski definition) is 2. The van der Waals surface area contributed by atoms with Gasteiger partial charge in [0, 0.05) is 56.8 Å². The van der Waals surface area contributed by atoms with Gasteiger partial charge in [-0.1, -0.05) is 97.1 Å². The van der Waals surface area contributed by atoms with E-state index in [1.165, 1.54) is 90.1 Å². The van der Waals surface area contributed by atoms with Crippen molar-refractivity contribution in [2.75, 3.05) is 0 Å². The van der Waals surface area contributed by atoms with E-state index in [0.29, 0.717) is 0 Å². The molecule has 7 aromatic carbocycles. The van der Waals surface area contributed by atoms with Crippen LogP contribution in [-0.4, -0.2) is 4.57 Å². The van der Waals surface area contributed by atoms with E-state index in [2.05, 4.69) is 156 Å². The van der Waals surface area contributed by atoms with E-state index in [1.54, 1.807) is 0 Å². The van der Waals surface area contributed by atoms with Gasteiger partial charge >= 0.3 is 0 Å².